The molecular weight excluding hydrogens is 526 g/mol. The first-order chi connectivity index (χ1) is 17.8. The van der Waals surface area contributed by atoms with Gasteiger partial charge in [0.05, 0.1) is 11.4 Å². The van der Waals surface area contributed by atoms with Gasteiger partial charge in [0.15, 0.2) is 0 Å². The molecule has 11 nitrogen and oxygen atoms in total. The lowest BCUT2D eigenvalue weighted by molar-refractivity contribution is 0.412. The van der Waals surface area contributed by atoms with Crippen molar-refractivity contribution in [2.75, 3.05) is 111 Å². The first kappa shape index (κ1) is 32.7. The van der Waals surface area contributed by atoms with Gasteiger partial charge in [-0.3, -0.25) is 0 Å². The fraction of sp³-hybridized carbons (Fsp3) is 0.760. The predicted molar refractivity (Wildman–Crippen MR) is 156 cm³/mol. The van der Waals surface area contributed by atoms with E-state index >= 15 is 0 Å². The highest BCUT2D eigenvalue weighted by atomic mass is 32.2. The molecule has 0 aliphatic carbocycles. The van der Waals surface area contributed by atoms with Crippen LogP contribution in [-0.4, -0.2) is 133 Å². The molecule has 2 N–H and O–H groups in total. The summed E-state index contributed by atoms with van der Waals surface area (Å²) in [5, 5.41) is 0. The summed E-state index contributed by atoms with van der Waals surface area (Å²) in [5.41, 5.74) is 1.09. The Morgan fingerprint density at radius 3 is 1.68 bits per heavy atom. The second-order valence-electron chi connectivity index (χ2n) is 10.6. The SMILES string of the molecule is CCN(CCN(C)C)c1cc(N2CCCCC2)c(S(=O)(=O)NCCN(C)C)cc1S(=O)(=O)NCCN(C)C. The molecule has 0 aromatic heterocycles. The van der Waals surface area contributed by atoms with Gasteiger partial charge in [-0.15, -0.1) is 0 Å². The van der Waals surface area contributed by atoms with Crippen molar-refractivity contribution in [2.45, 2.75) is 36.0 Å². The zero-order valence-electron chi connectivity index (χ0n) is 24.3. The number of benzene rings is 1. The van der Waals surface area contributed by atoms with Crippen molar-refractivity contribution >= 4 is 31.4 Å². The highest BCUT2D eigenvalue weighted by Gasteiger charge is 2.30. The Bertz CT molecular complexity index is 1090. The Morgan fingerprint density at radius 1 is 0.711 bits per heavy atom. The molecule has 0 amide bonds. The minimum atomic E-state index is -4.00. The van der Waals surface area contributed by atoms with Crippen molar-refractivity contribution in [1.29, 1.82) is 0 Å². The average Bonchev–Trinajstić information content (AvgIpc) is 2.83. The van der Waals surface area contributed by atoms with Crippen LogP contribution in [0.4, 0.5) is 11.4 Å². The number of hydrogen-bond acceptors (Lipinski definition) is 9. The molecule has 0 saturated carbocycles. The molecule has 1 aliphatic heterocycles. The van der Waals surface area contributed by atoms with Gasteiger partial charge in [0.1, 0.15) is 9.79 Å². The standard InChI is InChI=1S/C25H49N7O4S2/c1-8-31(19-18-30(6)7)22-20-23(32-14-10-9-11-15-32)25(38(35,36)27-13-17-29(4)5)21-24(22)37(33,34)26-12-16-28(2)3/h20-21,26-27H,8-19H2,1-7H3. The molecule has 0 radical (unpaired) electrons. The molecule has 38 heavy (non-hydrogen) atoms. The maximum absolute atomic E-state index is 13.7. The van der Waals surface area contributed by atoms with E-state index in [1.807, 2.05) is 68.8 Å². The summed E-state index contributed by atoms with van der Waals surface area (Å²) in [5.74, 6) is 0. The molecule has 0 unspecified atom stereocenters. The third kappa shape index (κ3) is 9.61. The Morgan fingerprint density at radius 2 is 1.21 bits per heavy atom. The molecule has 0 spiro atoms. The zero-order chi connectivity index (χ0) is 28.5. The van der Waals surface area contributed by atoms with Crippen LogP contribution in [-0.2, 0) is 20.0 Å². The van der Waals surface area contributed by atoms with Crippen molar-refractivity contribution < 1.29 is 16.8 Å². The Balaban J connectivity index is 2.71. The summed E-state index contributed by atoms with van der Waals surface area (Å²) in [6.45, 7) is 6.87. The molecular formula is C25H49N7O4S2. The molecule has 1 saturated heterocycles. The summed E-state index contributed by atoms with van der Waals surface area (Å²) < 4.78 is 59.9. The number of piperidine rings is 1. The minimum absolute atomic E-state index is 0.00870. The molecule has 0 bridgehead atoms. The first-order valence-corrected chi connectivity index (χ1v) is 16.4. The van der Waals surface area contributed by atoms with Crippen LogP contribution < -0.4 is 19.2 Å². The maximum Gasteiger partial charge on any atom is 0.242 e. The number of nitrogens with one attached hydrogen (secondary N) is 2. The van der Waals surface area contributed by atoms with E-state index in [1.165, 1.54) is 6.07 Å². The number of likely N-dealkylation sites (N-methyl/N-ethyl adjacent to an activating group) is 4. The van der Waals surface area contributed by atoms with E-state index in [-0.39, 0.29) is 22.9 Å². The zero-order valence-corrected chi connectivity index (χ0v) is 26.0. The molecule has 1 aliphatic rings. The second kappa shape index (κ2) is 14.8. The lowest BCUT2D eigenvalue weighted by Crippen LogP contribution is -2.37. The van der Waals surface area contributed by atoms with Gasteiger partial charge in [0.2, 0.25) is 20.0 Å². The average molecular weight is 576 g/mol. The van der Waals surface area contributed by atoms with E-state index in [2.05, 4.69) is 14.3 Å². The minimum Gasteiger partial charge on any atom is -0.370 e. The Kier molecular flexibility index (Phi) is 12.7. The van der Waals surface area contributed by atoms with Gasteiger partial charge in [-0.25, -0.2) is 26.3 Å². The summed E-state index contributed by atoms with van der Waals surface area (Å²) in [6.07, 6.45) is 3.03. The third-order valence-corrected chi connectivity index (χ3v) is 9.54. The lowest BCUT2D eigenvalue weighted by Gasteiger charge is -2.33. The first-order valence-electron chi connectivity index (χ1n) is 13.4. The van der Waals surface area contributed by atoms with Crippen molar-refractivity contribution in [3.63, 3.8) is 0 Å². The molecule has 0 atom stereocenters. The monoisotopic (exact) mass is 575 g/mol. The van der Waals surface area contributed by atoms with Crippen LogP contribution in [0.15, 0.2) is 21.9 Å². The summed E-state index contributed by atoms with van der Waals surface area (Å²) in [4.78, 5) is 9.94. The van der Waals surface area contributed by atoms with Gasteiger partial charge in [0.25, 0.3) is 0 Å². The Hall–Kier alpha value is -1.48. The van der Waals surface area contributed by atoms with Crippen LogP contribution in [0.1, 0.15) is 26.2 Å². The lowest BCUT2D eigenvalue weighted by atomic mass is 10.1. The summed E-state index contributed by atoms with van der Waals surface area (Å²) in [7, 11) is 3.47. The van der Waals surface area contributed by atoms with E-state index in [9.17, 15) is 16.8 Å². The van der Waals surface area contributed by atoms with Crippen molar-refractivity contribution in [3.05, 3.63) is 12.1 Å². The molecule has 1 heterocycles. The molecule has 1 fully saturated rings. The van der Waals surface area contributed by atoms with Crippen molar-refractivity contribution in [3.8, 4) is 0 Å². The molecule has 220 valence electrons. The van der Waals surface area contributed by atoms with Crippen LogP contribution >= 0.6 is 0 Å². The van der Waals surface area contributed by atoms with Crippen molar-refractivity contribution in [2.24, 2.45) is 0 Å². The summed E-state index contributed by atoms with van der Waals surface area (Å²) in [6, 6.07) is 3.15. The van der Waals surface area contributed by atoms with Crippen LogP contribution in [0.5, 0.6) is 0 Å². The van der Waals surface area contributed by atoms with E-state index in [0.717, 1.165) is 38.9 Å². The number of rotatable bonds is 16. The predicted octanol–water partition coefficient (Wildman–Crippen LogP) is 0.745. The number of nitrogens with zero attached hydrogens (tertiary/aromatic N) is 5. The largest absolute Gasteiger partial charge is 0.370 e. The summed E-state index contributed by atoms with van der Waals surface area (Å²) >= 11 is 0. The molecule has 1 aromatic carbocycles. The number of hydrogen-bond donors (Lipinski definition) is 2. The molecule has 1 aromatic rings. The van der Waals surface area contributed by atoms with E-state index < -0.39 is 20.0 Å². The van der Waals surface area contributed by atoms with Gasteiger partial charge in [-0.05, 0) is 80.6 Å². The highest BCUT2D eigenvalue weighted by molar-refractivity contribution is 7.90. The van der Waals surface area contributed by atoms with Gasteiger partial charge < -0.3 is 24.5 Å². The number of anilines is 2. The van der Waals surface area contributed by atoms with E-state index in [0.29, 0.717) is 37.6 Å². The van der Waals surface area contributed by atoms with Crippen LogP contribution in [0, 0.1) is 0 Å². The fourth-order valence-corrected chi connectivity index (χ4v) is 6.91. The topological polar surface area (TPSA) is 109 Å². The molecule has 13 heteroatoms. The second-order valence-corrected chi connectivity index (χ2v) is 14.1. The quantitative estimate of drug-likeness (QED) is 0.295. The van der Waals surface area contributed by atoms with Gasteiger partial charge in [-0.2, -0.15) is 0 Å². The molecule has 2 rings (SSSR count). The smallest absolute Gasteiger partial charge is 0.242 e. The highest BCUT2D eigenvalue weighted by Crippen LogP contribution is 2.37. The van der Waals surface area contributed by atoms with Crippen LogP contribution in [0.3, 0.4) is 0 Å². The fourth-order valence-electron chi connectivity index (χ4n) is 4.33. The normalized spacial score (nSPS) is 15.2. The van der Waals surface area contributed by atoms with E-state index in [1.54, 1.807) is 6.07 Å². The van der Waals surface area contributed by atoms with Crippen molar-refractivity contribution in [1.82, 2.24) is 24.1 Å². The van der Waals surface area contributed by atoms with Gasteiger partial charge in [-0.1, -0.05) is 0 Å². The number of sulfonamides is 2. The Labute approximate surface area is 231 Å². The van der Waals surface area contributed by atoms with Crippen LogP contribution in [0.25, 0.3) is 0 Å². The van der Waals surface area contributed by atoms with Crippen LogP contribution in [0.2, 0.25) is 0 Å². The van der Waals surface area contributed by atoms with E-state index in [4.69, 9.17) is 0 Å². The van der Waals surface area contributed by atoms with Gasteiger partial charge in [0, 0.05) is 58.9 Å². The third-order valence-electron chi connectivity index (χ3n) is 6.56. The maximum atomic E-state index is 13.7. The van der Waals surface area contributed by atoms with Gasteiger partial charge >= 0.3 is 0 Å².